The van der Waals surface area contributed by atoms with E-state index in [1.165, 1.54) is 26.4 Å². The summed E-state index contributed by atoms with van der Waals surface area (Å²) in [5.41, 5.74) is 1.55. The maximum Gasteiger partial charge on any atom is 0.337 e. The molecule has 0 bridgehead atoms. The van der Waals surface area contributed by atoms with Crippen LogP contribution in [0.5, 0.6) is 5.75 Å². The topological polar surface area (TPSA) is 78.9 Å². The van der Waals surface area contributed by atoms with Gasteiger partial charge in [-0.15, -0.1) is 0 Å². The van der Waals surface area contributed by atoms with Crippen molar-refractivity contribution in [2.24, 2.45) is 0 Å². The molecule has 0 spiro atoms. The normalized spacial score (nSPS) is 10.4. The highest BCUT2D eigenvalue weighted by molar-refractivity contribution is 5.99. The first-order chi connectivity index (χ1) is 12.5. The summed E-state index contributed by atoms with van der Waals surface area (Å²) in [6.45, 7) is -0.350. The lowest BCUT2D eigenvalue weighted by Gasteiger charge is -2.03. The number of rotatable bonds is 7. The van der Waals surface area contributed by atoms with Crippen molar-refractivity contribution in [2.45, 2.75) is 0 Å². The Balaban J connectivity index is 1.86. The fourth-order valence-electron chi connectivity index (χ4n) is 2.06. The highest BCUT2D eigenvalue weighted by Crippen LogP contribution is 2.12. The lowest BCUT2D eigenvalue weighted by Crippen LogP contribution is -2.12. The summed E-state index contributed by atoms with van der Waals surface area (Å²) in [5, 5.41) is 0. The van der Waals surface area contributed by atoms with E-state index in [9.17, 15) is 14.4 Å². The third-order valence-electron chi connectivity index (χ3n) is 3.50. The molecule has 26 heavy (non-hydrogen) atoms. The molecule has 2 rings (SSSR count). The molecule has 134 valence electrons. The molecule has 0 aliphatic carbocycles. The van der Waals surface area contributed by atoms with Gasteiger partial charge in [0.25, 0.3) is 0 Å². The minimum atomic E-state index is -0.635. The van der Waals surface area contributed by atoms with E-state index in [1.807, 2.05) is 0 Å². The van der Waals surface area contributed by atoms with Gasteiger partial charge in [0.05, 0.1) is 19.8 Å². The Bertz CT molecular complexity index is 803. The van der Waals surface area contributed by atoms with Crippen LogP contribution in [-0.4, -0.2) is 38.5 Å². The molecule has 0 radical (unpaired) electrons. The van der Waals surface area contributed by atoms with E-state index < -0.39 is 11.9 Å². The van der Waals surface area contributed by atoms with E-state index in [2.05, 4.69) is 4.74 Å². The maximum atomic E-state index is 12.0. The van der Waals surface area contributed by atoms with Crippen molar-refractivity contribution in [3.8, 4) is 5.75 Å². The van der Waals surface area contributed by atoms with Crippen molar-refractivity contribution in [1.29, 1.82) is 0 Å². The van der Waals surface area contributed by atoms with Crippen LogP contribution in [0.2, 0.25) is 0 Å². The summed E-state index contributed by atoms with van der Waals surface area (Å²) in [6, 6.07) is 13.0. The zero-order chi connectivity index (χ0) is 18.9. The lowest BCUT2D eigenvalue weighted by molar-refractivity contribution is -0.136. The van der Waals surface area contributed by atoms with Gasteiger partial charge in [-0.25, -0.2) is 9.59 Å². The SMILES string of the molecule is COC(=O)c1ccc(/C=C/C(=O)OCC(=O)c2ccc(OC)cc2)cc1. The first kappa shape index (κ1) is 18.9. The number of hydrogen-bond donors (Lipinski definition) is 0. The molecule has 0 saturated heterocycles. The van der Waals surface area contributed by atoms with Gasteiger partial charge >= 0.3 is 11.9 Å². The van der Waals surface area contributed by atoms with Crippen LogP contribution in [0.4, 0.5) is 0 Å². The van der Waals surface area contributed by atoms with Gasteiger partial charge < -0.3 is 14.2 Å². The van der Waals surface area contributed by atoms with Crippen molar-refractivity contribution in [2.75, 3.05) is 20.8 Å². The second kappa shape index (κ2) is 9.17. The molecule has 0 heterocycles. The smallest absolute Gasteiger partial charge is 0.337 e. The molecule has 0 atom stereocenters. The molecule has 0 aliphatic rings. The molecule has 0 N–H and O–H groups in total. The number of carbonyl (C=O) groups is 3. The molecule has 0 aromatic heterocycles. The molecule has 2 aromatic rings. The van der Waals surface area contributed by atoms with E-state index in [4.69, 9.17) is 9.47 Å². The van der Waals surface area contributed by atoms with E-state index in [0.29, 0.717) is 22.4 Å². The number of benzene rings is 2. The van der Waals surface area contributed by atoms with Gasteiger partial charge in [0.1, 0.15) is 5.75 Å². The summed E-state index contributed by atoms with van der Waals surface area (Å²) in [7, 11) is 2.84. The van der Waals surface area contributed by atoms with Crippen LogP contribution in [0, 0.1) is 0 Å². The molecular weight excluding hydrogens is 336 g/mol. The summed E-state index contributed by atoms with van der Waals surface area (Å²) < 4.78 is 14.6. The molecular formula is C20H18O6. The van der Waals surface area contributed by atoms with Gasteiger partial charge in [0.15, 0.2) is 12.4 Å². The molecule has 0 aliphatic heterocycles. The average molecular weight is 354 g/mol. The maximum absolute atomic E-state index is 12.0. The number of Topliss-reactive ketones (excluding diaryl/α,β-unsaturated/α-hetero) is 1. The van der Waals surface area contributed by atoms with Gasteiger partial charge in [0.2, 0.25) is 0 Å². The third kappa shape index (κ3) is 5.31. The first-order valence-electron chi connectivity index (χ1n) is 7.74. The average Bonchev–Trinajstić information content (AvgIpc) is 2.70. The van der Waals surface area contributed by atoms with Crippen LogP contribution >= 0.6 is 0 Å². The Morgan fingerprint density at radius 2 is 1.50 bits per heavy atom. The predicted octanol–water partition coefficient (Wildman–Crippen LogP) is 2.92. The molecule has 6 heteroatoms. The second-order valence-corrected chi connectivity index (χ2v) is 5.21. The summed E-state index contributed by atoms with van der Waals surface area (Å²) in [4.78, 5) is 35.0. The zero-order valence-corrected chi connectivity index (χ0v) is 14.4. The Labute approximate surface area is 151 Å². The number of methoxy groups -OCH3 is 2. The van der Waals surface area contributed by atoms with Gasteiger partial charge in [-0.1, -0.05) is 12.1 Å². The molecule has 2 aromatic carbocycles. The molecule has 0 saturated carbocycles. The van der Waals surface area contributed by atoms with Crippen LogP contribution < -0.4 is 4.74 Å². The number of carbonyl (C=O) groups excluding carboxylic acids is 3. The third-order valence-corrected chi connectivity index (χ3v) is 3.50. The largest absolute Gasteiger partial charge is 0.497 e. The Kier molecular flexibility index (Phi) is 6.68. The van der Waals surface area contributed by atoms with E-state index in [-0.39, 0.29) is 12.4 Å². The Morgan fingerprint density at radius 1 is 0.885 bits per heavy atom. The fourth-order valence-corrected chi connectivity index (χ4v) is 2.06. The highest BCUT2D eigenvalue weighted by atomic mass is 16.5. The van der Waals surface area contributed by atoms with Crippen molar-refractivity contribution < 1.29 is 28.6 Å². The highest BCUT2D eigenvalue weighted by Gasteiger charge is 2.09. The summed E-state index contributed by atoms with van der Waals surface area (Å²) in [6.07, 6.45) is 2.75. The summed E-state index contributed by atoms with van der Waals surface area (Å²) in [5.74, 6) is -0.739. The molecule has 0 amide bonds. The van der Waals surface area contributed by atoms with Gasteiger partial charge in [-0.05, 0) is 48.0 Å². The number of ketones is 1. The number of ether oxygens (including phenoxy) is 3. The lowest BCUT2D eigenvalue weighted by atomic mass is 10.1. The summed E-state index contributed by atoms with van der Waals surface area (Å²) >= 11 is 0. The van der Waals surface area contributed by atoms with Crippen molar-refractivity contribution >= 4 is 23.8 Å². The van der Waals surface area contributed by atoms with Crippen molar-refractivity contribution in [3.05, 3.63) is 71.3 Å². The van der Waals surface area contributed by atoms with E-state index in [1.54, 1.807) is 48.5 Å². The van der Waals surface area contributed by atoms with Crippen LogP contribution in [-0.2, 0) is 14.3 Å². The van der Waals surface area contributed by atoms with Crippen LogP contribution in [0.15, 0.2) is 54.6 Å². The Morgan fingerprint density at radius 3 is 2.08 bits per heavy atom. The fraction of sp³-hybridized carbons (Fsp3) is 0.150. The van der Waals surface area contributed by atoms with Gasteiger partial charge in [-0.2, -0.15) is 0 Å². The Hall–Kier alpha value is -3.41. The predicted molar refractivity (Wildman–Crippen MR) is 95.1 cm³/mol. The number of esters is 2. The number of hydrogen-bond acceptors (Lipinski definition) is 6. The van der Waals surface area contributed by atoms with E-state index in [0.717, 1.165) is 0 Å². The van der Waals surface area contributed by atoms with Crippen LogP contribution in [0.25, 0.3) is 6.08 Å². The minimum Gasteiger partial charge on any atom is -0.497 e. The van der Waals surface area contributed by atoms with Gasteiger partial charge in [0, 0.05) is 11.6 Å². The van der Waals surface area contributed by atoms with Gasteiger partial charge in [-0.3, -0.25) is 4.79 Å². The minimum absolute atomic E-state index is 0.308. The van der Waals surface area contributed by atoms with Crippen LogP contribution in [0.1, 0.15) is 26.3 Å². The van der Waals surface area contributed by atoms with Crippen molar-refractivity contribution in [1.82, 2.24) is 0 Å². The zero-order valence-electron chi connectivity index (χ0n) is 14.4. The second-order valence-electron chi connectivity index (χ2n) is 5.21. The van der Waals surface area contributed by atoms with Crippen molar-refractivity contribution in [3.63, 3.8) is 0 Å². The standard InChI is InChI=1S/C20H18O6/c1-24-17-10-8-15(9-11-17)18(21)13-26-19(22)12-5-14-3-6-16(7-4-14)20(23)25-2/h3-12H,13H2,1-2H3/b12-5+. The molecule has 6 nitrogen and oxygen atoms in total. The molecule has 0 unspecified atom stereocenters. The molecule has 0 fully saturated rings. The first-order valence-corrected chi connectivity index (χ1v) is 7.74. The monoisotopic (exact) mass is 354 g/mol. The van der Waals surface area contributed by atoms with E-state index >= 15 is 0 Å². The van der Waals surface area contributed by atoms with Crippen LogP contribution in [0.3, 0.4) is 0 Å². The quantitative estimate of drug-likeness (QED) is 0.432.